The van der Waals surface area contributed by atoms with E-state index in [0.29, 0.717) is 12.3 Å². The van der Waals surface area contributed by atoms with Gasteiger partial charge >= 0.3 is 6.01 Å². The van der Waals surface area contributed by atoms with Crippen LogP contribution in [0.3, 0.4) is 0 Å². The lowest BCUT2D eigenvalue weighted by atomic mass is 10.4. The Labute approximate surface area is 86.7 Å². The smallest absolute Gasteiger partial charge is 0.322 e. The molecule has 0 aliphatic heterocycles. The van der Waals surface area contributed by atoms with Crippen molar-refractivity contribution in [3.8, 4) is 11.8 Å². The van der Waals surface area contributed by atoms with Crippen LogP contribution in [-0.2, 0) is 13.6 Å². The fraction of sp³-hybridized carbons (Fsp3) is 0.222. The van der Waals surface area contributed by atoms with Crippen molar-refractivity contribution in [2.75, 3.05) is 0 Å². The minimum absolute atomic E-state index is 0.283. The number of nitrogens with two attached hydrogens (primary N) is 1. The molecule has 0 unspecified atom stereocenters. The first-order chi connectivity index (χ1) is 7.28. The summed E-state index contributed by atoms with van der Waals surface area (Å²) < 4.78 is 7.02. The Bertz CT molecular complexity index is 453. The lowest BCUT2D eigenvalue weighted by molar-refractivity contribution is 0.439. The quantitative estimate of drug-likeness (QED) is 0.787. The molecule has 6 heteroatoms. The summed E-state index contributed by atoms with van der Waals surface area (Å²) in [5, 5.41) is 3.97. The SMILES string of the molecule is Cn1cc(Oc2nccc(CN)n2)cn1. The van der Waals surface area contributed by atoms with Crippen LogP contribution in [0.4, 0.5) is 0 Å². The number of hydrogen-bond acceptors (Lipinski definition) is 5. The highest BCUT2D eigenvalue weighted by molar-refractivity contribution is 5.17. The number of aromatic nitrogens is 4. The number of aryl methyl sites for hydroxylation is 1. The third-order valence-corrected chi connectivity index (χ3v) is 1.79. The summed E-state index contributed by atoms with van der Waals surface area (Å²) in [6.45, 7) is 0.367. The molecule has 2 N–H and O–H groups in total. The maximum absolute atomic E-state index is 5.45. The van der Waals surface area contributed by atoms with Gasteiger partial charge in [-0.1, -0.05) is 0 Å². The maximum atomic E-state index is 5.45. The molecule has 0 saturated heterocycles. The maximum Gasteiger partial charge on any atom is 0.322 e. The van der Waals surface area contributed by atoms with Crippen molar-refractivity contribution in [1.29, 1.82) is 0 Å². The molecule has 2 aromatic rings. The monoisotopic (exact) mass is 205 g/mol. The van der Waals surface area contributed by atoms with E-state index in [2.05, 4.69) is 15.1 Å². The van der Waals surface area contributed by atoms with Gasteiger partial charge in [0.15, 0.2) is 5.75 Å². The van der Waals surface area contributed by atoms with Crippen molar-refractivity contribution in [1.82, 2.24) is 19.7 Å². The Kier molecular flexibility index (Phi) is 2.59. The zero-order valence-electron chi connectivity index (χ0n) is 8.29. The van der Waals surface area contributed by atoms with Gasteiger partial charge in [-0.25, -0.2) is 4.98 Å². The summed E-state index contributed by atoms with van der Waals surface area (Å²) in [7, 11) is 1.81. The predicted octanol–water partition coefficient (Wildman–Crippen LogP) is 0.461. The number of hydrogen-bond donors (Lipinski definition) is 1. The second-order valence-corrected chi connectivity index (χ2v) is 2.99. The molecule has 0 aliphatic carbocycles. The standard InChI is InChI=1S/C9H11N5O/c1-14-6-8(5-12-14)15-9-11-3-2-7(4-10)13-9/h2-3,5-6H,4,10H2,1H3. The molecule has 6 nitrogen and oxygen atoms in total. The summed E-state index contributed by atoms with van der Waals surface area (Å²) in [5.74, 6) is 0.603. The third-order valence-electron chi connectivity index (χ3n) is 1.79. The molecule has 78 valence electrons. The Morgan fingerprint density at radius 1 is 1.53 bits per heavy atom. The molecule has 0 atom stereocenters. The van der Waals surface area contributed by atoms with Gasteiger partial charge in [0, 0.05) is 19.8 Å². The van der Waals surface area contributed by atoms with Crippen LogP contribution in [0, 0.1) is 0 Å². The van der Waals surface area contributed by atoms with Crippen molar-refractivity contribution in [3.05, 3.63) is 30.4 Å². The van der Waals surface area contributed by atoms with Crippen LogP contribution in [0.1, 0.15) is 5.69 Å². The summed E-state index contributed by atoms with van der Waals surface area (Å²) in [5.41, 5.74) is 6.19. The van der Waals surface area contributed by atoms with E-state index in [1.807, 2.05) is 7.05 Å². The molecular formula is C9H11N5O. The lowest BCUT2D eigenvalue weighted by Gasteiger charge is -2.01. The van der Waals surface area contributed by atoms with E-state index in [1.54, 1.807) is 29.3 Å². The molecule has 2 rings (SSSR count). The van der Waals surface area contributed by atoms with Crippen LogP contribution >= 0.6 is 0 Å². The molecule has 0 amide bonds. The molecule has 2 heterocycles. The molecule has 0 aliphatic rings. The van der Waals surface area contributed by atoms with Crippen molar-refractivity contribution in [3.63, 3.8) is 0 Å². The highest BCUT2D eigenvalue weighted by Crippen LogP contribution is 2.15. The zero-order chi connectivity index (χ0) is 10.7. The van der Waals surface area contributed by atoms with E-state index < -0.39 is 0 Å². The average molecular weight is 205 g/mol. The van der Waals surface area contributed by atoms with Gasteiger partial charge in [0.25, 0.3) is 0 Å². The molecule has 0 radical (unpaired) electrons. The van der Waals surface area contributed by atoms with E-state index in [-0.39, 0.29) is 6.01 Å². The third kappa shape index (κ3) is 2.29. The van der Waals surface area contributed by atoms with Gasteiger partial charge in [0.05, 0.1) is 18.1 Å². The van der Waals surface area contributed by atoms with E-state index in [0.717, 1.165) is 5.69 Å². The van der Waals surface area contributed by atoms with Gasteiger partial charge in [-0.2, -0.15) is 10.1 Å². The van der Waals surface area contributed by atoms with Crippen molar-refractivity contribution in [2.45, 2.75) is 6.54 Å². The van der Waals surface area contributed by atoms with Crippen LogP contribution in [0.2, 0.25) is 0 Å². The van der Waals surface area contributed by atoms with Crippen LogP contribution in [-0.4, -0.2) is 19.7 Å². The fourth-order valence-electron chi connectivity index (χ4n) is 1.10. The Morgan fingerprint density at radius 3 is 3.07 bits per heavy atom. The van der Waals surface area contributed by atoms with Crippen molar-refractivity contribution < 1.29 is 4.74 Å². The van der Waals surface area contributed by atoms with Crippen molar-refractivity contribution in [2.24, 2.45) is 12.8 Å². The molecule has 0 fully saturated rings. The second kappa shape index (κ2) is 4.05. The molecule has 2 aromatic heterocycles. The highest BCUT2D eigenvalue weighted by atomic mass is 16.5. The summed E-state index contributed by atoms with van der Waals surface area (Å²) >= 11 is 0. The van der Waals surface area contributed by atoms with Gasteiger partial charge in [0.1, 0.15) is 0 Å². The zero-order valence-corrected chi connectivity index (χ0v) is 8.29. The van der Waals surface area contributed by atoms with Gasteiger partial charge < -0.3 is 10.5 Å². The normalized spacial score (nSPS) is 10.3. The van der Waals surface area contributed by atoms with E-state index >= 15 is 0 Å². The van der Waals surface area contributed by atoms with E-state index in [9.17, 15) is 0 Å². The summed E-state index contributed by atoms with van der Waals surface area (Å²) in [4.78, 5) is 8.07. The Morgan fingerprint density at radius 2 is 2.40 bits per heavy atom. The molecule has 15 heavy (non-hydrogen) atoms. The number of nitrogens with zero attached hydrogens (tertiary/aromatic N) is 4. The topological polar surface area (TPSA) is 78.9 Å². The first-order valence-corrected chi connectivity index (χ1v) is 4.46. The van der Waals surface area contributed by atoms with E-state index in [1.165, 1.54) is 0 Å². The van der Waals surface area contributed by atoms with Gasteiger partial charge in [-0.15, -0.1) is 0 Å². The van der Waals surface area contributed by atoms with Crippen LogP contribution in [0.25, 0.3) is 0 Å². The van der Waals surface area contributed by atoms with Crippen LogP contribution < -0.4 is 10.5 Å². The molecule has 0 aromatic carbocycles. The van der Waals surface area contributed by atoms with Gasteiger partial charge in [-0.05, 0) is 6.07 Å². The first kappa shape index (κ1) is 9.60. The van der Waals surface area contributed by atoms with Crippen molar-refractivity contribution >= 4 is 0 Å². The fourth-order valence-corrected chi connectivity index (χ4v) is 1.10. The molecule has 0 bridgehead atoms. The summed E-state index contributed by atoms with van der Waals surface area (Å²) in [6.07, 6.45) is 4.94. The highest BCUT2D eigenvalue weighted by Gasteiger charge is 2.02. The Hall–Kier alpha value is -1.95. The van der Waals surface area contributed by atoms with Crippen LogP contribution in [0.5, 0.6) is 11.8 Å². The molecule has 0 saturated carbocycles. The molecular weight excluding hydrogens is 194 g/mol. The minimum atomic E-state index is 0.283. The minimum Gasteiger partial charge on any atom is -0.421 e. The van der Waals surface area contributed by atoms with Gasteiger partial charge in [0.2, 0.25) is 0 Å². The number of ether oxygens (including phenoxy) is 1. The Balaban J connectivity index is 2.16. The molecule has 0 spiro atoms. The number of rotatable bonds is 3. The first-order valence-electron chi connectivity index (χ1n) is 4.46. The largest absolute Gasteiger partial charge is 0.421 e. The predicted molar refractivity (Wildman–Crippen MR) is 53.2 cm³/mol. The summed E-state index contributed by atoms with van der Waals surface area (Å²) in [6, 6.07) is 2.03. The van der Waals surface area contributed by atoms with E-state index in [4.69, 9.17) is 10.5 Å². The van der Waals surface area contributed by atoms with Crippen LogP contribution in [0.15, 0.2) is 24.7 Å². The lowest BCUT2D eigenvalue weighted by Crippen LogP contribution is -2.01. The average Bonchev–Trinajstić information content (AvgIpc) is 2.64. The second-order valence-electron chi connectivity index (χ2n) is 2.99. The van der Waals surface area contributed by atoms with Gasteiger partial charge in [-0.3, -0.25) is 4.68 Å².